The van der Waals surface area contributed by atoms with E-state index in [4.69, 9.17) is 9.72 Å². The summed E-state index contributed by atoms with van der Waals surface area (Å²) < 4.78 is 7.93. The molecule has 1 fully saturated rings. The number of hydrogen-bond donors (Lipinski definition) is 1. The van der Waals surface area contributed by atoms with Crippen LogP contribution in [-0.4, -0.2) is 51.3 Å². The number of aryl methyl sites for hydroxylation is 2. The number of aromatic nitrogens is 2. The lowest BCUT2D eigenvalue weighted by atomic mass is 10.1. The van der Waals surface area contributed by atoms with Gasteiger partial charge in [-0.1, -0.05) is 35.9 Å². The third kappa shape index (κ3) is 4.49. The molecule has 1 N–H and O–H groups in total. The second kappa shape index (κ2) is 8.94. The Balaban J connectivity index is 1.54. The van der Waals surface area contributed by atoms with Gasteiger partial charge in [0.2, 0.25) is 5.91 Å². The van der Waals surface area contributed by atoms with Crippen molar-refractivity contribution in [2.24, 2.45) is 0 Å². The monoisotopic (exact) mass is 419 g/mol. The maximum absolute atomic E-state index is 12.4. The number of para-hydroxylation sites is 2. The van der Waals surface area contributed by atoms with Gasteiger partial charge in [0.1, 0.15) is 24.3 Å². The number of carbonyl (C=O) groups excluding carboxylic acids is 1. The van der Waals surface area contributed by atoms with Crippen molar-refractivity contribution in [2.45, 2.75) is 38.8 Å². The molecule has 0 unspecified atom stereocenters. The number of hydrogen-bond acceptors (Lipinski definition) is 4. The Bertz CT molecular complexity index is 1100. The van der Waals surface area contributed by atoms with E-state index in [-0.39, 0.29) is 18.4 Å². The zero-order valence-electron chi connectivity index (χ0n) is 18.1. The van der Waals surface area contributed by atoms with E-state index in [2.05, 4.69) is 12.6 Å². The number of rotatable bonds is 8. The number of aliphatic hydroxyl groups is 1. The van der Waals surface area contributed by atoms with Crippen molar-refractivity contribution in [2.75, 3.05) is 19.7 Å². The summed E-state index contributed by atoms with van der Waals surface area (Å²) in [5, 5.41) is 10.8. The molecule has 2 atom stereocenters. The van der Waals surface area contributed by atoms with E-state index in [0.29, 0.717) is 26.1 Å². The van der Waals surface area contributed by atoms with E-state index < -0.39 is 6.10 Å². The van der Waals surface area contributed by atoms with E-state index >= 15 is 0 Å². The highest BCUT2D eigenvalue weighted by Gasteiger charge is 2.33. The Labute approximate surface area is 182 Å². The van der Waals surface area contributed by atoms with E-state index in [0.717, 1.165) is 28.2 Å². The molecule has 0 bridgehead atoms. The first-order valence-corrected chi connectivity index (χ1v) is 10.7. The van der Waals surface area contributed by atoms with Crippen molar-refractivity contribution in [3.63, 3.8) is 0 Å². The Hall–Kier alpha value is -3.12. The molecule has 1 aromatic heterocycles. The SMILES string of the molecule is C=CCN1C[C@@H](c2nc3ccccc3n2C[C@@H](O)COc2ccc(C)cc2C)CC1=O. The smallest absolute Gasteiger partial charge is 0.223 e. The molecule has 1 aliphatic heterocycles. The zero-order valence-corrected chi connectivity index (χ0v) is 18.1. The van der Waals surface area contributed by atoms with Crippen molar-refractivity contribution in [1.82, 2.24) is 14.5 Å². The molecule has 0 radical (unpaired) electrons. The zero-order chi connectivity index (χ0) is 22.0. The van der Waals surface area contributed by atoms with Crippen LogP contribution in [0.5, 0.6) is 5.75 Å². The first kappa shape index (κ1) is 21.1. The molecule has 6 heteroatoms. The molecular formula is C25H29N3O3. The minimum absolute atomic E-state index is 0.00712. The van der Waals surface area contributed by atoms with Crippen LogP contribution in [0.3, 0.4) is 0 Å². The summed E-state index contributed by atoms with van der Waals surface area (Å²) in [6.45, 7) is 9.48. The number of fused-ring (bicyclic) bond motifs is 1. The number of carbonyl (C=O) groups is 1. The van der Waals surface area contributed by atoms with Gasteiger partial charge in [-0.2, -0.15) is 0 Å². The second-order valence-electron chi connectivity index (χ2n) is 8.29. The van der Waals surface area contributed by atoms with Gasteiger partial charge in [-0.05, 0) is 37.6 Å². The highest BCUT2D eigenvalue weighted by Crippen LogP contribution is 2.30. The van der Waals surface area contributed by atoms with Gasteiger partial charge in [0.05, 0.1) is 17.6 Å². The van der Waals surface area contributed by atoms with Crippen molar-refractivity contribution < 1.29 is 14.6 Å². The summed E-state index contributed by atoms with van der Waals surface area (Å²) in [4.78, 5) is 19.0. The largest absolute Gasteiger partial charge is 0.491 e. The van der Waals surface area contributed by atoms with Crippen LogP contribution < -0.4 is 4.74 Å². The fraction of sp³-hybridized carbons (Fsp3) is 0.360. The number of nitrogens with zero attached hydrogens (tertiary/aromatic N) is 3. The van der Waals surface area contributed by atoms with Gasteiger partial charge in [0.15, 0.2) is 0 Å². The van der Waals surface area contributed by atoms with Gasteiger partial charge >= 0.3 is 0 Å². The molecule has 31 heavy (non-hydrogen) atoms. The summed E-state index contributed by atoms with van der Waals surface area (Å²) >= 11 is 0. The van der Waals surface area contributed by atoms with Crippen LogP contribution >= 0.6 is 0 Å². The minimum atomic E-state index is -0.710. The standard InChI is InChI=1S/C25H29N3O3/c1-4-11-27-14-19(13-24(27)30)25-26-21-7-5-6-8-22(21)28(25)15-20(29)16-31-23-10-9-17(2)12-18(23)3/h4-10,12,19-20,29H,1,11,13-16H2,2-3H3/t19-,20+/m0/s1. The summed E-state index contributed by atoms with van der Waals surface area (Å²) in [6, 6.07) is 13.9. The number of benzene rings is 2. The van der Waals surface area contributed by atoms with Gasteiger partial charge in [0, 0.05) is 25.4 Å². The maximum Gasteiger partial charge on any atom is 0.223 e. The molecule has 0 aliphatic carbocycles. The van der Waals surface area contributed by atoms with E-state index in [1.807, 2.05) is 54.8 Å². The lowest BCUT2D eigenvalue weighted by Gasteiger charge is -2.19. The van der Waals surface area contributed by atoms with Crippen LogP contribution in [-0.2, 0) is 11.3 Å². The number of amides is 1. The maximum atomic E-state index is 12.4. The molecule has 3 aromatic rings. The van der Waals surface area contributed by atoms with Crippen molar-refractivity contribution in [3.05, 3.63) is 72.1 Å². The predicted molar refractivity (Wildman–Crippen MR) is 121 cm³/mol. The van der Waals surface area contributed by atoms with E-state index in [1.165, 1.54) is 5.56 Å². The molecule has 4 rings (SSSR count). The Morgan fingerprint density at radius 1 is 1.29 bits per heavy atom. The number of ether oxygens (including phenoxy) is 1. The van der Waals surface area contributed by atoms with Crippen molar-refractivity contribution in [3.8, 4) is 5.75 Å². The summed E-state index contributed by atoms with van der Waals surface area (Å²) in [7, 11) is 0. The summed E-state index contributed by atoms with van der Waals surface area (Å²) in [5.74, 6) is 1.73. The minimum Gasteiger partial charge on any atom is -0.491 e. The Morgan fingerprint density at radius 3 is 2.87 bits per heavy atom. The van der Waals surface area contributed by atoms with Crippen LogP contribution in [0, 0.1) is 13.8 Å². The molecule has 1 aliphatic rings. The average molecular weight is 420 g/mol. The van der Waals surface area contributed by atoms with Crippen LogP contribution in [0.2, 0.25) is 0 Å². The molecule has 1 saturated heterocycles. The van der Waals surface area contributed by atoms with Gasteiger partial charge in [-0.3, -0.25) is 4.79 Å². The normalized spacial score (nSPS) is 17.3. The van der Waals surface area contributed by atoms with E-state index in [9.17, 15) is 9.90 Å². The fourth-order valence-corrected chi connectivity index (χ4v) is 4.29. The Morgan fingerprint density at radius 2 is 2.10 bits per heavy atom. The van der Waals surface area contributed by atoms with E-state index in [1.54, 1.807) is 11.0 Å². The van der Waals surface area contributed by atoms with Crippen LogP contribution in [0.15, 0.2) is 55.1 Å². The van der Waals surface area contributed by atoms with Crippen LogP contribution in [0.4, 0.5) is 0 Å². The lowest BCUT2D eigenvalue weighted by Crippen LogP contribution is -2.26. The highest BCUT2D eigenvalue weighted by molar-refractivity contribution is 5.81. The fourth-order valence-electron chi connectivity index (χ4n) is 4.29. The topological polar surface area (TPSA) is 67.6 Å². The highest BCUT2D eigenvalue weighted by atomic mass is 16.5. The van der Waals surface area contributed by atoms with Gasteiger partial charge in [-0.15, -0.1) is 6.58 Å². The quantitative estimate of drug-likeness (QED) is 0.567. The van der Waals surface area contributed by atoms with Gasteiger partial charge in [-0.25, -0.2) is 4.98 Å². The summed E-state index contributed by atoms with van der Waals surface area (Å²) in [5.41, 5.74) is 4.05. The van der Waals surface area contributed by atoms with Crippen molar-refractivity contribution >= 4 is 16.9 Å². The summed E-state index contributed by atoms with van der Waals surface area (Å²) in [6.07, 6.45) is 1.46. The first-order valence-electron chi connectivity index (χ1n) is 10.7. The van der Waals surface area contributed by atoms with Crippen LogP contribution in [0.1, 0.15) is 29.3 Å². The molecule has 2 heterocycles. The van der Waals surface area contributed by atoms with Crippen LogP contribution in [0.25, 0.3) is 11.0 Å². The molecule has 0 saturated carbocycles. The molecular weight excluding hydrogens is 390 g/mol. The number of imidazole rings is 1. The predicted octanol–water partition coefficient (Wildman–Crippen LogP) is 3.59. The number of aliphatic hydroxyl groups excluding tert-OH is 1. The number of likely N-dealkylation sites (tertiary alicyclic amines) is 1. The second-order valence-corrected chi connectivity index (χ2v) is 8.29. The molecule has 6 nitrogen and oxygen atoms in total. The lowest BCUT2D eigenvalue weighted by molar-refractivity contribution is -0.127. The average Bonchev–Trinajstić information content (AvgIpc) is 3.28. The third-order valence-corrected chi connectivity index (χ3v) is 5.77. The molecule has 162 valence electrons. The van der Waals surface area contributed by atoms with Crippen molar-refractivity contribution in [1.29, 1.82) is 0 Å². The molecule has 2 aromatic carbocycles. The third-order valence-electron chi connectivity index (χ3n) is 5.77. The molecule has 1 amide bonds. The first-order chi connectivity index (χ1) is 15.0. The molecule has 0 spiro atoms. The Kier molecular flexibility index (Phi) is 6.09. The van der Waals surface area contributed by atoms with Gasteiger partial charge < -0.3 is 19.3 Å². The van der Waals surface area contributed by atoms with Gasteiger partial charge in [0.25, 0.3) is 0 Å².